The van der Waals surface area contributed by atoms with E-state index in [0.29, 0.717) is 0 Å². The minimum absolute atomic E-state index is 1.02. The van der Waals surface area contributed by atoms with Gasteiger partial charge < -0.3 is 9.97 Å². The van der Waals surface area contributed by atoms with Crippen molar-refractivity contribution in [3.8, 4) is 20.9 Å². The maximum atomic E-state index is 5.66. The fourth-order valence-electron chi connectivity index (χ4n) is 8.52. The molecule has 6 heteroatoms. The van der Waals surface area contributed by atoms with E-state index < -0.39 is 0 Å². The Balaban J connectivity index is 1.73. The Hall–Kier alpha value is -4.00. The van der Waals surface area contributed by atoms with Crippen molar-refractivity contribution in [3.63, 3.8) is 0 Å². The third kappa shape index (κ3) is 7.12. The number of unbranched alkanes of at least 4 members (excludes halogenated alkanes) is 4. The van der Waals surface area contributed by atoms with Gasteiger partial charge in [-0.3, -0.25) is 0 Å². The maximum Gasteiger partial charge on any atom is 0.0778 e. The molecule has 8 bridgehead atoms. The lowest BCUT2D eigenvalue weighted by Gasteiger charge is -2.09. The highest BCUT2D eigenvalue weighted by Gasteiger charge is 2.27. The predicted molar refractivity (Wildman–Crippen MR) is 238 cm³/mol. The zero-order valence-corrected chi connectivity index (χ0v) is 35.4. The Morgan fingerprint density at radius 3 is 1.33 bits per heavy atom. The molecule has 0 saturated carbocycles. The molecule has 4 nitrogen and oxygen atoms in total. The molecule has 0 amide bonds. The Bertz CT molecular complexity index is 2230. The molecule has 0 aromatic carbocycles. The molecule has 0 unspecified atom stereocenters. The van der Waals surface area contributed by atoms with Gasteiger partial charge in [-0.25, -0.2) is 9.97 Å². The van der Waals surface area contributed by atoms with Crippen molar-refractivity contribution in [2.45, 2.75) is 132 Å². The number of aromatic amines is 2. The summed E-state index contributed by atoms with van der Waals surface area (Å²) in [4.78, 5) is 22.0. The number of rotatable bonds is 14. The summed E-state index contributed by atoms with van der Waals surface area (Å²) in [5, 5.41) is 4.41. The van der Waals surface area contributed by atoms with Crippen molar-refractivity contribution in [1.29, 1.82) is 0 Å². The number of hydrogen-bond donors (Lipinski definition) is 2. The SMILES string of the molecule is CCCCC1=C(C)c2nc1cc1[nH]c(c(C)c1CCCC)c(-c1cccs1)c1[nH]c(cc3nc(c2-c2cccs2)C(C)=C3CCCC)c(CCCC)c1C. The van der Waals surface area contributed by atoms with Crippen LogP contribution in [0.4, 0.5) is 0 Å². The third-order valence-electron chi connectivity index (χ3n) is 11.7. The van der Waals surface area contributed by atoms with Crippen molar-refractivity contribution < 1.29 is 0 Å². The van der Waals surface area contributed by atoms with Gasteiger partial charge in [-0.2, -0.15) is 0 Å². The highest BCUT2D eigenvalue weighted by Crippen LogP contribution is 2.46. The normalized spacial score (nSPS) is 13.2. The van der Waals surface area contributed by atoms with E-state index in [1.165, 1.54) is 87.5 Å². The lowest BCUT2D eigenvalue weighted by atomic mass is 9.95. The van der Waals surface area contributed by atoms with Crippen molar-refractivity contribution in [2.75, 3.05) is 0 Å². The van der Waals surface area contributed by atoms with Crippen molar-refractivity contribution in [1.82, 2.24) is 19.9 Å². The maximum absolute atomic E-state index is 5.66. The average Bonchev–Trinajstić information content (AvgIpc) is 4.03. The van der Waals surface area contributed by atoms with Gasteiger partial charge >= 0.3 is 0 Å². The molecule has 0 aliphatic carbocycles. The number of hydrogen-bond acceptors (Lipinski definition) is 4. The van der Waals surface area contributed by atoms with Crippen LogP contribution in [0.2, 0.25) is 0 Å². The molecule has 5 aromatic heterocycles. The van der Waals surface area contributed by atoms with Gasteiger partial charge in [-0.1, -0.05) is 65.5 Å². The van der Waals surface area contributed by atoms with Crippen molar-refractivity contribution >= 4 is 67.0 Å². The van der Waals surface area contributed by atoms with E-state index in [0.717, 1.165) is 99.8 Å². The minimum Gasteiger partial charge on any atom is -0.354 e. The van der Waals surface area contributed by atoms with E-state index in [1.807, 2.05) is 11.3 Å². The summed E-state index contributed by atoms with van der Waals surface area (Å²) in [6, 6.07) is 13.7. The first kappa shape index (κ1) is 38.3. The van der Waals surface area contributed by atoms with Gasteiger partial charge in [-0.05, 0) is 159 Å². The highest BCUT2D eigenvalue weighted by atomic mass is 32.1. The first-order valence-electron chi connectivity index (χ1n) is 20.6. The largest absolute Gasteiger partial charge is 0.354 e. The number of aryl methyl sites for hydroxylation is 4. The van der Waals surface area contributed by atoms with Crippen LogP contribution in [0.15, 0.2) is 47.2 Å². The molecule has 2 aliphatic heterocycles. The Morgan fingerprint density at radius 1 is 0.537 bits per heavy atom. The van der Waals surface area contributed by atoms with Gasteiger partial charge in [0.25, 0.3) is 0 Å². The molecule has 7 heterocycles. The minimum atomic E-state index is 1.02. The van der Waals surface area contributed by atoms with Gasteiger partial charge in [0.15, 0.2) is 0 Å². The van der Waals surface area contributed by atoms with Crippen LogP contribution in [0.25, 0.3) is 65.2 Å². The fourth-order valence-corrected chi connectivity index (χ4v) is 10.1. The monoisotopic (exact) mass is 754 g/mol. The summed E-state index contributed by atoms with van der Waals surface area (Å²) in [5.41, 5.74) is 22.5. The molecule has 7 rings (SSSR count). The van der Waals surface area contributed by atoms with Crippen LogP contribution in [-0.4, -0.2) is 19.9 Å². The van der Waals surface area contributed by atoms with Crippen LogP contribution in [-0.2, 0) is 12.8 Å². The molecular weight excluding hydrogens is 697 g/mol. The van der Waals surface area contributed by atoms with Crippen LogP contribution in [0, 0.1) is 13.8 Å². The number of aromatic nitrogens is 4. The first-order chi connectivity index (χ1) is 26.3. The predicted octanol–water partition coefficient (Wildman–Crippen LogP) is 15.3. The summed E-state index contributed by atoms with van der Waals surface area (Å²) < 4.78 is 0. The van der Waals surface area contributed by atoms with Gasteiger partial charge in [0.1, 0.15) is 0 Å². The zero-order chi connectivity index (χ0) is 37.9. The highest BCUT2D eigenvalue weighted by molar-refractivity contribution is 7.14. The molecule has 0 spiro atoms. The van der Waals surface area contributed by atoms with E-state index in [-0.39, 0.29) is 0 Å². The van der Waals surface area contributed by atoms with Crippen molar-refractivity contribution in [2.24, 2.45) is 0 Å². The second-order valence-corrected chi connectivity index (χ2v) is 17.2. The van der Waals surface area contributed by atoms with Crippen molar-refractivity contribution in [3.05, 3.63) is 92.2 Å². The zero-order valence-electron chi connectivity index (χ0n) is 33.8. The summed E-state index contributed by atoms with van der Waals surface area (Å²) >= 11 is 3.62. The second kappa shape index (κ2) is 16.8. The fraction of sp³-hybridized carbons (Fsp3) is 0.417. The number of nitrogens with one attached hydrogen (secondary N) is 2. The van der Waals surface area contributed by atoms with Crippen LogP contribution < -0.4 is 0 Å². The Kier molecular flexibility index (Phi) is 11.9. The number of allylic oxidation sites excluding steroid dienone is 4. The Labute approximate surface area is 330 Å². The Morgan fingerprint density at radius 2 is 0.944 bits per heavy atom. The molecule has 2 aliphatic rings. The summed E-state index contributed by atoms with van der Waals surface area (Å²) in [6.45, 7) is 18.5. The average molecular weight is 755 g/mol. The van der Waals surface area contributed by atoms with Gasteiger partial charge in [0.05, 0.1) is 33.8 Å². The standard InChI is InChI=1S/C48H58N4S2/c1-9-13-19-33-29(5)45-43(41-23-17-25-53-41)46-31(7)35(21-15-11-3)39(51-46)28-40-36(22-16-12-4)32(8)48(52-40)44(42-24-18-26-54-42)47-30(6)34(20-14-10-2)38(50-47)27-37(33)49-45/h17-18,23-28,49,51H,9-16,19-22H2,1-8H3. The van der Waals surface area contributed by atoms with Gasteiger partial charge in [0.2, 0.25) is 0 Å². The molecule has 5 aromatic rings. The molecule has 0 radical (unpaired) electrons. The molecule has 0 saturated heterocycles. The van der Waals surface area contributed by atoms with Crippen LogP contribution in [0.3, 0.4) is 0 Å². The topological polar surface area (TPSA) is 57.4 Å². The lowest BCUT2D eigenvalue weighted by molar-refractivity contribution is 0.796. The summed E-state index contributed by atoms with van der Waals surface area (Å²) in [7, 11) is 0. The van der Waals surface area contributed by atoms with Crippen LogP contribution in [0.5, 0.6) is 0 Å². The summed E-state index contributed by atoms with van der Waals surface area (Å²) in [5.74, 6) is 0. The number of nitrogens with zero attached hydrogens (tertiary/aromatic N) is 2. The lowest BCUT2D eigenvalue weighted by Crippen LogP contribution is -1.91. The molecule has 282 valence electrons. The van der Waals surface area contributed by atoms with E-state index >= 15 is 0 Å². The van der Waals surface area contributed by atoms with Gasteiger partial charge in [-0.15, -0.1) is 22.7 Å². The molecular formula is C48H58N4S2. The second-order valence-electron chi connectivity index (χ2n) is 15.3. The van der Waals surface area contributed by atoms with Crippen LogP contribution >= 0.6 is 22.7 Å². The number of thiophene rings is 2. The van der Waals surface area contributed by atoms with E-state index in [4.69, 9.17) is 9.97 Å². The molecule has 0 fully saturated rings. The number of fused-ring (bicyclic) bond motifs is 8. The number of H-pyrrole nitrogens is 2. The van der Waals surface area contributed by atoms with E-state index in [9.17, 15) is 0 Å². The first-order valence-corrected chi connectivity index (χ1v) is 22.3. The molecule has 2 N–H and O–H groups in total. The molecule has 54 heavy (non-hydrogen) atoms. The van der Waals surface area contributed by atoms with E-state index in [2.05, 4.69) is 113 Å². The third-order valence-corrected chi connectivity index (χ3v) is 13.5. The quantitative estimate of drug-likeness (QED) is 0.119. The van der Waals surface area contributed by atoms with E-state index in [1.54, 1.807) is 11.3 Å². The van der Waals surface area contributed by atoms with Crippen LogP contribution in [0.1, 0.15) is 151 Å². The van der Waals surface area contributed by atoms with Gasteiger partial charge in [0, 0.05) is 31.9 Å². The smallest absolute Gasteiger partial charge is 0.0778 e. The molecule has 0 atom stereocenters. The summed E-state index contributed by atoms with van der Waals surface area (Å²) in [6.07, 6.45) is 13.3.